The van der Waals surface area contributed by atoms with Crippen molar-refractivity contribution in [3.05, 3.63) is 12.2 Å². The van der Waals surface area contributed by atoms with E-state index in [0.29, 0.717) is 25.8 Å². The summed E-state index contributed by atoms with van der Waals surface area (Å²) in [6.45, 7) is 14.4. The molecule has 0 aromatic heterocycles. The summed E-state index contributed by atoms with van der Waals surface area (Å²) in [6, 6.07) is 0. The van der Waals surface area contributed by atoms with Gasteiger partial charge < -0.3 is 0 Å². The Morgan fingerprint density at radius 1 is 1.32 bits per heavy atom. The van der Waals surface area contributed by atoms with Gasteiger partial charge >= 0.3 is 143 Å². The molecule has 0 aromatic carbocycles. The number of hydrogen-bond acceptors (Lipinski definition) is 2. The maximum atomic E-state index is 12.6. The first-order chi connectivity index (χ1) is 10.1. The van der Waals surface area contributed by atoms with Crippen LogP contribution in [0.15, 0.2) is 12.2 Å². The third-order valence-corrected chi connectivity index (χ3v) is 12.7. The van der Waals surface area contributed by atoms with Gasteiger partial charge in [0.15, 0.2) is 0 Å². The number of amides is 1. The van der Waals surface area contributed by atoms with Gasteiger partial charge in [-0.25, -0.2) is 0 Å². The van der Waals surface area contributed by atoms with Gasteiger partial charge in [0.2, 0.25) is 0 Å². The second kappa shape index (κ2) is 6.80. The van der Waals surface area contributed by atoms with Crippen molar-refractivity contribution in [3.63, 3.8) is 0 Å². The quantitative estimate of drug-likeness (QED) is 0.420. The van der Waals surface area contributed by atoms with Crippen molar-refractivity contribution < 1.29 is 9.22 Å². The summed E-state index contributed by atoms with van der Waals surface area (Å²) >= 11 is 0.512. The van der Waals surface area contributed by atoms with Gasteiger partial charge in [0.05, 0.1) is 0 Å². The third-order valence-electron chi connectivity index (χ3n) is 5.25. The Kier molecular flexibility index (Phi) is 5.64. The van der Waals surface area contributed by atoms with Gasteiger partial charge in [0, 0.05) is 0 Å². The van der Waals surface area contributed by atoms with E-state index < -0.39 is 8.32 Å². The zero-order valence-corrected chi connectivity index (χ0v) is 17.6. The molecule has 0 spiro atoms. The van der Waals surface area contributed by atoms with Gasteiger partial charge in [0.1, 0.15) is 0 Å². The number of rotatable bonds is 3. The van der Waals surface area contributed by atoms with E-state index in [1.165, 1.54) is 11.7 Å². The summed E-state index contributed by atoms with van der Waals surface area (Å²) < 4.78 is 6.51. The van der Waals surface area contributed by atoms with Gasteiger partial charge in [-0.05, 0) is 0 Å². The van der Waals surface area contributed by atoms with Crippen LogP contribution in [0.3, 0.4) is 0 Å². The molecule has 0 aromatic rings. The van der Waals surface area contributed by atoms with E-state index in [0.717, 1.165) is 13.0 Å². The Bertz CT molecular complexity index is 444. The van der Waals surface area contributed by atoms with Gasteiger partial charge in [-0.3, -0.25) is 0 Å². The molecule has 2 heterocycles. The summed E-state index contributed by atoms with van der Waals surface area (Å²) in [7, 11) is -1.81. The van der Waals surface area contributed by atoms with Crippen molar-refractivity contribution in [1.29, 1.82) is 0 Å². The van der Waals surface area contributed by atoms with Crippen molar-refractivity contribution in [3.8, 4) is 0 Å². The summed E-state index contributed by atoms with van der Waals surface area (Å²) in [5.74, 6) is 0.431. The van der Waals surface area contributed by atoms with Crippen LogP contribution in [0.2, 0.25) is 23.5 Å². The molecule has 0 radical (unpaired) electrons. The van der Waals surface area contributed by atoms with E-state index in [1.54, 1.807) is 0 Å². The second-order valence-electron chi connectivity index (χ2n) is 7.95. The molecular formula is C17H31NO2SeSi. The van der Waals surface area contributed by atoms with Crippen LogP contribution in [-0.4, -0.2) is 51.7 Å². The SMILES string of the molecule is C[C@@H](O[Si](C)(C)C(C)(C)C)[C@H]1C(=O)N2CC/C=C\CC[Se][C@H]12. The normalized spacial score (nSPS) is 29.7. The zero-order valence-electron chi connectivity index (χ0n) is 14.9. The average molecular weight is 388 g/mol. The van der Waals surface area contributed by atoms with Gasteiger partial charge in [-0.15, -0.1) is 0 Å². The molecule has 2 aliphatic rings. The molecule has 5 heteroatoms. The maximum absolute atomic E-state index is 12.6. The summed E-state index contributed by atoms with van der Waals surface area (Å²) in [5.41, 5.74) is 0. The first kappa shape index (κ1) is 18.2. The number of allylic oxidation sites excluding steroid dienone is 1. The van der Waals surface area contributed by atoms with Crippen molar-refractivity contribution in [2.45, 2.75) is 75.0 Å². The standard InChI is InChI=1S/C17H31NO2SeSi/c1-13(20-22(5,6)17(2,3)4)14-15(19)18-11-9-7-8-10-12-21-16(14)18/h7-8,13-14,16H,9-12H2,1-6H3/b8-7-/t13-,14+,16-/m1/s1. The molecule has 126 valence electrons. The summed E-state index contributed by atoms with van der Waals surface area (Å²) in [4.78, 5) is 15.2. The van der Waals surface area contributed by atoms with Crippen LogP contribution >= 0.6 is 0 Å². The minimum atomic E-state index is -1.81. The van der Waals surface area contributed by atoms with Crippen LogP contribution in [0.4, 0.5) is 0 Å². The van der Waals surface area contributed by atoms with Gasteiger partial charge in [0.25, 0.3) is 0 Å². The molecule has 0 unspecified atom stereocenters. The fourth-order valence-electron chi connectivity index (χ4n) is 2.84. The Hall–Kier alpha value is -0.0936. The molecule has 0 N–H and O–H groups in total. The van der Waals surface area contributed by atoms with Crippen LogP contribution in [0.5, 0.6) is 0 Å². The fourth-order valence-corrected chi connectivity index (χ4v) is 7.30. The molecule has 3 nitrogen and oxygen atoms in total. The van der Waals surface area contributed by atoms with Crippen LogP contribution < -0.4 is 0 Å². The predicted octanol–water partition coefficient (Wildman–Crippen LogP) is 3.65. The number of fused-ring (bicyclic) bond motifs is 1. The third kappa shape index (κ3) is 3.69. The molecule has 2 aliphatic heterocycles. The second-order valence-corrected chi connectivity index (χ2v) is 15.3. The molecule has 1 amide bonds. The summed E-state index contributed by atoms with van der Waals surface area (Å²) in [5, 5.41) is 1.43. The molecule has 0 aliphatic carbocycles. The van der Waals surface area contributed by atoms with Gasteiger partial charge in [-0.2, -0.15) is 0 Å². The van der Waals surface area contributed by atoms with Crippen molar-refractivity contribution in [2.75, 3.05) is 6.54 Å². The molecule has 0 saturated carbocycles. The molecule has 22 heavy (non-hydrogen) atoms. The first-order valence-electron chi connectivity index (χ1n) is 8.40. The van der Waals surface area contributed by atoms with Gasteiger partial charge in [-0.1, -0.05) is 0 Å². The fraction of sp³-hybridized carbons (Fsp3) is 0.824. The monoisotopic (exact) mass is 389 g/mol. The zero-order chi connectivity index (χ0) is 16.5. The molecule has 2 rings (SSSR count). The Labute approximate surface area is 143 Å². The number of hydrogen-bond donors (Lipinski definition) is 0. The van der Waals surface area contributed by atoms with Crippen LogP contribution in [0.1, 0.15) is 40.5 Å². The number of carbonyl (C=O) groups excluding carboxylic acids is 1. The minimum absolute atomic E-state index is 0.0604. The average Bonchev–Trinajstić information content (AvgIpc) is 2.47. The first-order valence-corrected chi connectivity index (χ1v) is 13.5. The van der Waals surface area contributed by atoms with E-state index in [9.17, 15) is 4.79 Å². The molecular weight excluding hydrogens is 357 g/mol. The van der Waals surface area contributed by atoms with E-state index in [4.69, 9.17) is 4.43 Å². The molecule has 1 fully saturated rings. The topological polar surface area (TPSA) is 29.5 Å². The van der Waals surface area contributed by atoms with E-state index in [1.807, 2.05) is 0 Å². The van der Waals surface area contributed by atoms with E-state index >= 15 is 0 Å². The molecule has 1 saturated heterocycles. The van der Waals surface area contributed by atoms with Crippen molar-refractivity contribution >= 4 is 29.2 Å². The molecule has 0 bridgehead atoms. The van der Waals surface area contributed by atoms with Crippen molar-refractivity contribution in [2.24, 2.45) is 5.92 Å². The number of carbonyl (C=O) groups is 1. The number of β-lactam (4-membered cyclic amide) rings is 1. The van der Waals surface area contributed by atoms with Crippen LogP contribution in [0, 0.1) is 5.92 Å². The van der Waals surface area contributed by atoms with Crippen molar-refractivity contribution in [1.82, 2.24) is 4.90 Å². The number of nitrogens with zero attached hydrogens (tertiary/aromatic N) is 1. The van der Waals surface area contributed by atoms with E-state index in [-0.39, 0.29) is 17.1 Å². The molecule has 3 atom stereocenters. The Morgan fingerprint density at radius 3 is 2.59 bits per heavy atom. The Balaban J connectivity index is 2.04. The van der Waals surface area contributed by atoms with Crippen LogP contribution in [0.25, 0.3) is 0 Å². The van der Waals surface area contributed by atoms with Crippen LogP contribution in [-0.2, 0) is 9.22 Å². The van der Waals surface area contributed by atoms with E-state index in [2.05, 4.69) is 57.8 Å². The summed E-state index contributed by atoms with van der Waals surface area (Å²) in [6.07, 6.45) is 6.74. The predicted molar refractivity (Wildman–Crippen MR) is 95.7 cm³/mol. The Morgan fingerprint density at radius 2 is 1.95 bits per heavy atom.